The van der Waals surface area contributed by atoms with Crippen molar-refractivity contribution < 1.29 is 19.5 Å². The monoisotopic (exact) mass is 363 g/mol. The van der Waals surface area contributed by atoms with Crippen LogP contribution in [0.2, 0.25) is 0 Å². The first-order valence-corrected chi connectivity index (χ1v) is 9.00. The number of amides is 1. The van der Waals surface area contributed by atoms with Crippen molar-refractivity contribution in [2.75, 3.05) is 7.05 Å². The smallest absolute Gasteiger partial charge is 0.255 e. The van der Waals surface area contributed by atoms with E-state index in [0.717, 1.165) is 12.0 Å². The molecule has 0 fully saturated rings. The summed E-state index contributed by atoms with van der Waals surface area (Å²) >= 11 is 0. The molecule has 1 heterocycles. The molecule has 0 spiro atoms. The standard InChI is InChI=1S/C19H29N3O4/c1-10(2)15(23)16(24)14-9-12-7-5-6-8-13(12)19(21,17(25)11(3)20)18(26)22(14)4/h6,8,10-11,14-15,23H,5,7,9,20-21H2,1-4H3/t11-,14?,15-,19-/m0/s1. The summed E-state index contributed by atoms with van der Waals surface area (Å²) in [6, 6.07) is -1.78. The van der Waals surface area contributed by atoms with Crippen molar-refractivity contribution in [2.45, 2.75) is 63.8 Å². The molecule has 26 heavy (non-hydrogen) atoms. The van der Waals surface area contributed by atoms with Crippen molar-refractivity contribution in [2.24, 2.45) is 17.4 Å². The van der Waals surface area contributed by atoms with Gasteiger partial charge in [0.25, 0.3) is 5.91 Å². The molecule has 0 aromatic heterocycles. The maximum atomic E-state index is 13.2. The van der Waals surface area contributed by atoms with E-state index in [1.807, 2.05) is 6.08 Å². The van der Waals surface area contributed by atoms with Crippen molar-refractivity contribution in [3.8, 4) is 0 Å². The highest BCUT2D eigenvalue weighted by Gasteiger charge is 2.52. The highest BCUT2D eigenvalue weighted by Crippen LogP contribution is 2.36. The van der Waals surface area contributed by atoms with Crippen LogP contribution in [0.3, 0.4) is 0 Å². The van der Waals surface area contributed by atoms with E-state index in [0.29, 0.717) is 12.0 Å². The van der Waals surface area contributed by atoms with Crippen LogP contribution in [-0.2, 0) is 14.4 Å². The van der Waals surface area contributed by atoms with Gasteiger partial charge >= 0.3 is 0 Å². The van der Waals surface area contributed by atoms with Gasteiger partial charge in [-0.15, -0.1) is 0 Å². The molecule has 2 rings (SSSR count). The van der Waals surface area contributed by atoms with E-state index < -0.39 is 41.2 Å². The molecule has 1 aliphatic heterocycles. The topological polar surface area (TPSA) is 127 Å². The third kappa shape index (κ3) is 3.26. The zero-order chi connectivity index (χ0) is 19.8. The molecule has 1 aliphatic carbocycles. The Bertz CT molecular complexity index is 680. The normalized spacial score (nSPS) is 28.7. The minimum absolute atomic E-state index is 0.260. The fourth-order valence-electron chi connectivity index (χ4n) is 3.65. The van der Waals surface area contributed by atoms with Gasteiger partial charge in [0.05, 0.1) is 12.1 Å². The number of allylic oxidation sites excluding steroid dienone is 1. The summed E-state index contributed by atoms with van der Waals surface area (Å²) in [5, 5.41) is 10.2. The minimum atomic E-state index is -1.91. The van der Waals surface area contributed by atoms with E-state index in [-0.39, 0.29) is 12.3 Å². The highest BCUT2D eigenvalue weighted by molar-refractivity contribution is 6.17. The number of hydrogen-bond donors (Lipinski definition) is 3. The lowest BCUT2D eigenvalue weighted by Crippen LogP contribution is -2.65. The Labute approximate surface area is 154 Å². The largest absolute Gasteiger partial charge is 0.385 e. The van der Waals surface area contributed by atoms with E-state index in [9.17, 15) is 19.5 Å². The number of nitrogens with two attached hydrogens (primary N) is 2. The number of carbonyl (C=O) groups excluding carboxylic acids is 3. The van der Waals surface area contributed by atoms with E-state index in [2.05, 4.69) is 0 Å². The number of nitrogens with zero attached hydrogens (tertiary/aromatic N) is 1. The second-order valence-electron chi connectivity index (χ2n) is 7.65. The number of ketones is 2. The minimum Gasteiger partial charge on any atom is -0.385 e. The molecule has 0 aromatic carbocycles. The Morgan fingerprint density at radius 2 is 1.96 bits per heavy atom. The Kier molecular flexibility index (Phi) is 5.85. The van der Waals surface area contributed by atoms with Gasteiger partial charge in [0.15, 0.2) is 17.1 Å². The summed E-state index contributed by atoms with van der Waals surface area (Å²) < 4.78 is 0. The lowest BCUT2D eigenvalue weighted by atomic mass is 9.77. The molecule has 1 amide bonds. The Hall–Kier alpha value is -1.83. The van der Waals surface area contributed by atoms with E-state index >= 15 is 0 Å². The molecular formula is C19H29N3O4. The van der Waals surface area contributed by atoms with Gasteiger partial charge in [-0.25, -0.2) is 0 Å². The fraction of sp³-hybridized carbons (Fsp3) is 0.632. The molecule has 144 valence electrons. The molecule has 4 atom stereocenters. The molecule has 0 saturated heterocycles. The lowest BCUT2D eigenvalue weighted by molar-refractivity contribution is -0.147. The first-order chi connectivity index (χ1) is 12.0. The average Bonchev–Trinajstić information content (AvgIpc) is 2.69. The van der Waals surface area contributed by atoms with E-state index in [4.69, 9.17) is 11.5 Å². The summed E-state index contributed by atoms with van der Waals surface area (Å²) in [7, 11) is 1.45. The van der Waals surface area contributed by atoms with Crippen LogP contribution in [0, 0.1) is 5.92 Å². The molecule has 2 aliphatic rings. The molecular weight excluding hydrogens is 334 g/mol. The Balaban J connectivity index is 2.58. The van der Waals surface area contributed by atoms with Crippen molar-refractivity contribution in [1.82, 2.24) is 4.90 Å². The van der Waals surface area contributed by atoms with Gasteiger partial charge in [0.2, 0.25) is 0 Å². The Morgan fingerprint density at radius 1 is 1.35 bits per heavy atom. The van der Waals surface area contributed by atoms with E-state index in [1.54, 1.807) is 19.9 Å². The van der Waals surface area contributed by atoms with Gasteiger partial charge in [-0.1, -0.05) is 31.6 Å². The maximum absolute atomic E-state index is 13.2. The lowest BCUT2D eigenvalue weighted by Gasteiger charge is -2.34. The predicted octanol–water partition coefficient (Wildman–Crippen LogP) is 0.0635. The van der Waals surface area contributed by atoms with Gasteiger partial charge in [0, 0.05) is 7.05 Å². The van der Waals surface area contributed by atoms with Crippen LogP contribution in [0.25, 0.3) is 0 Å². The Morgan fingerprint density at radius 3 is 2.50 bits per heavy atom. The number of Topliss-reactive ketones (excluding diaryl/α,β-unsaturated/α-hetero) is 2. The quantitative estimate of drug-likeness (QED) is 0.593. The number of aliphatic hydroxyl groups excluding tert-OH is 1. The average molecular weight is 363 g/mol. The number of carbonyl (C=O) groups is 3. The van der Waals surface area contributed by atoms with Crippen molar-refractivity contribution >= 4 is 17.5 Å². The molecule has 5 N–H and O–H groups in total. The van der Waals surface area contributed by atoms with Crippen LogP contribution < -0.4 is 11.5 Å². The first kappa shape index (κ1) is 20.5. The molecule has 0 radical (unpaired) electrons. The van der Waals surface area contributed by atoms with Gasteiger partial charge in [0.1, 0.15) is 6.10 Å². The number of aliphatic hydroxyl groups is 1. The highest BCUT2D eigenvalue weighted by atomic mass is 16.3. The summed E-state index contributed by atoms with van der Waals surface area (Å²) in [4.78, 5) is 40.0. The van der Waals surface area contributed by atoms with Crippen LogP contribution in [0.4, 0.5) is 0 Å². The molecule has 0 bridgehead atoms. The second-order valence-corrected chi connectivity index (χ2v) is 7.65. The van der Waals surface area contributed by atoms with Crippen LogP contribution in [0.5, 0.6) is 0 Å². The second kappa shape index (κ2) is 7.42. The molecule has 1 unspecified atom stereocenters. The summed E-state index contributed by atoms with van der Waals surface area (Å²) in [6.45, 7) is 4.97. The zero-order valence-corrected chi connectivity index (χ0v) is 15.9. The van der Waals surface area contributed by atoms with Crippen LogP contribution in [0.15, 0.2) is 23.3 Å². The number of hydrogen-bond acceptors (Lipinski definition) is 6. The summed E-state index contributed by atoms with van der Waals surface area (Å²) in [5.41, 5.74) is 11.5. The maximum Gasteiger partial charge on any atom is 0.255 e. The van der Waals surface area contributed by atoms with Crippen molar-refractivity contribution in [3.63, 3.8) is 0 Å². The van der Waals surface area contributed by atoms with Gasteiger partial charge < -0.3 is 21.5 Å². The SMILES string of the molecule is CC(C)[C@H](O)C(=O)C1CC2=C(C=CCC2)[C@](N)(C(=O)[C@H](C)N)C(=O)N1C. The molecule has 0 aromatic rings. The predicted molar refractivity (Wildman–Crippen MR) is 98.0 cm³/mol. The van der Waals surface area contributed by atoms with Crippen LogP contribution >= 0.6 is 0 Å². The van der Waals surface area contributed by atoms with Gasteiger partial charge in [-0.05, 0) is 37.7 Å². The summed E-state index contributed by atoms with van der Waals surface area (Å²) in [5.74, 6) is -1.95. The van der Waals surface area contributed by atoms with Gasteiger partial charge in [-0.3, -0.25) is 14.4 Å². The first-order valence-electron chi connectivity index (χ1n) is 9.00. The zero-order valence-electron chi connectivity index (χ0n) is 15.9. The third-order valence-corrected chi connectivity index (χ3v) is 5.32. The van der Waals surface area contributed by atoms with Crippen LogP contribution in [0.1, 0.15) is 40.0 Å². The molecule has 0 saturated carbocycles. The van der Waals surface area contributed by atoms with Crippen molar-refractivity contribution in [3.05, 3.63) is 23.3 Å². The van der Waals surface area contributed by atoms with Crippen molar-refractivity contribution in [1.29, 1.82) is 0 Å². The summed E-state index contributed by atoms with van der Waals surface area (Å²) in [6.07, 6.45) is 4.00. The number of likely N-dealkylation sites (N-methyl/N-ethyl adjacent to an activating group) is 1. The fourth-order valence-corrected chi connectivity index (χ4v) is 3.65. The number of rotatable bonds is 5. The van der Waals surface area contributed by atoms with Crippen LogP contribution in [-0.4, -0.2) is 58.3 Å². The van der Waals surface area contributed by atoms with E-state index in [1.165, 1.54) is 18.9 Å². The third-order valence-electron chi connectivity index (χ3n) is 5.32. The van der Waals surface area contributed by atoms with Gasteiger partial charge in [-0.2, -0.15) is 0 Å². The molecule has 7 nitrogen and oxygen atoms in total. The molecule has 7 heteroatoms.